The third kappa shape index (κ3) is 3.37. The number of rotatable bonds is 5. The number of ketones is 1. The summed E-state index contributed by atoms with van der Waals surface area (Å²) < 4.78 is 0. The van der Waals surface area contributed by atoms with Crippen LogP contribution >= 0.6 is 15.9 Å². The molecule has 0 heterocycles. The minimum Gasteiger partial charge on any atom is -0.319 e. The number of nitro benzene ring substituents is 1. The summed E-state index contributed by atoms with van der Waals surface area (Å²) in [6.07, 6.45) is 0. The van der Waals surface area contributed by atoms with Crippen LogP contribution in [0.15, 0.2) is 48.5 Å². The predicted molar refractivity (Wildman–Crippen MR) is 85.4 cm³/mol. The standard InChI is InChI=1S/C15H11BrN2O4/c16-9-13(19)17-14-11(7-4-8-12(14)18(21)22)15(20)10-5-2-1-3-6-10/h1-8H,9H2,(H,17,19). The molecule has 0 aliphatic rings. The maximum absolute atomic E-state index is 12.5. The van der Waals surface area contributed by atoms with Gasteiger partial charge >= 0.3 is 0 Å². The smallest absolute Gasteiger partial charge is 0.293 e. The molecule has 6 nitrogen and oxygen atoms in total. The minimum atomic E-state index is -0.633. The molecule has 0 unspecified atom stereocenters. The van der Waals surface area contributed by atoms with E-state index in [1.54, 1.807) is 30.3 Å². The zero-order chi connectivity index (χ0) is 16.1. The Hall–Kier alpha value is -2.54. The molecule has 22 heavy (non-hydrogen) atoms. The molecule has 0 aliphatic carbocycles. The molecule has 0 atom stereocenters. The number of nitrogens with one attached hydrogen (secondary N) is 1. The first-order valence-electron chi connectivity index (χ1n) is 6.27. The lowest BCUT2D eigenvalue weighted by atomic mass is 10.0. The van der Waals surface area contributed by atoms with Crippen LogP contribution in [0.3, 0.4) is 0 Å². The highest BCUT2D eigenvalue weighted by atomic mass is 79.9. The fourth-order valence-corrected chi connectivity index (χ4v) is 2.07. The molecule has 112 valence electrons. The van der Waals surface area contributed by atoms with E-state index in [4.69, 9.17) is 0 Å². The third-order valence-corrected chi connectivity index (χ3v) is 3.41. The molecule has 0 fully saturated rings. The molecule has 2 aromatic carbocycles. The second kappa shape index (κ2) is 6.95. The molecule has 0 bridgehead atoms. The van der Waals surface area contributed by atoms with Gasteiger partial charge in [0.2, 0.25) is 5.91 Å². The van der Waals surface area contributed by atoms with Gasteiger partial charge in [-0.15, -0.1) is 0 Å². The fraction of sp³-hybridized carbons (Fsp3) is 0.0667. The zero-order valence-corrected chi connectivity index (χ0v) is 12.9. The first-order valence-corrected chi connectivity index (χ1v) is 7.39. The second-order valence-electron chi connectivity index (χ2n) is 4.33. The number of hydrogen-bond donors (Lipinski definition) is 1. The summed E-state index contributed by atoms with van der Waals surface area (Å²) >= 11 is 2.97. The molecule has 0 aromatic heterocycles. The maximum Gasteiger partial charge on any atom is 0.293 e. The van der Waals surface area contributed by atoms with Crippen LogP contribution in [-0.2, 0) is 4.79 Å². The number of nitro groups is 1. The Morgan fingerprint density at radius 2 is 1.77 bits per heavy atom. The summed E-state index contributed by atoms with van der Waals surface area (Å²) in [4.78, 5) is 34.6. The number of halogens is 1. The van der Waals surface area contributed by atoms with Crippen molar-refractivity contribution < 1.29 is 14.5 Å². The Morgan fingerprint density at radius 3 is 2.36 bits per heavy atom. The van der Waals surface area contributed by atoms with Crippen molar-refractivity contribution >= 4 is 39.0 Å². The van der Waals surface area contributed by atoms with Gasteiger partial charge in [-0.2, -0.15) is 0 Å². The van der Waals surface area contributed by atoms with Crippen LogP contribution in [0.5, 0.6) is 0 Å². The van der Waals surface area contributed by atoms with E-state index in [-0.39, 0.29) is 22.3 Å². The van der Waals surface area contributed by atoms with Crippen molar-refractivity contribution in [2.24, 2.45) is 0 Å². The monoisotopic (exact) mass is 362 g/mol. The molecule has 0 saturated carbocycles. The van der Waals surface area contributed by atoms with E-state index >= 15 is 0 Å². The van der Waals surface area contributed by atoms with Gasteiger partial charge in [0.25, 0.3) is 5.69 Å². The Balaban J connectivity index is 2.55. The largest absolute Gasteiger partial charge is 0.319 e. The van der Waals surface area contributed by atoms with E-state index in [2.05, 4.69) is 21.2 Å². The number of benzene rings is 2. The summed E-state index contributed by atoms with van der Waals surface area (Å²) in [6, 6.07) is 12.5. The predicted octanol–water partition coefficient (Wildman–Crippen LogP) is 3.16. The quantitative estimate of drug-likeness (QED) is 0.382. The Kier molecular flexibility index (Phi) is 5.00. The highest BCUT2D eigenvalue weighted by Gasteiger charge is 2.23. The Morgan fingerprint density at radius 1 is 1.09 bits per heavy atom. The van der Waals surface area contributed by atoms with Gasteiger partial charge in [-0.3, -0.25) is 19.7 Å². The molecule has 7 heteroatoms. The van der Waals surface area contributed by atoms with E-state index in [0.717, 1.165) is 0 Å². The Bertz CT molecular complexity index is 732. The molecular weight excluding hydrogens is 352 g/mol. The highest BCUT2D eigenvalue weighted by Crippen LogP contribution is 2.30. The van der Waals surface area contributed by atoms with Gasteiger partial charge in [-0.1, -0.05) is 52.3 Å². The van der Waals surface area contributed by atoms with Crippen molar-refractivity contribution in [3.8, 4) is 0 Å². The van der Waals surface area contributed by atoms with E-state index in [1.165, 1.54) is 18.2 Å². The second-order valence-corrected chi connectivity index (χ2v) is 4.89. The van der Waals surface area contributed by atoms with Crippen molar-refractivity contribution in [3.05, 3.63) is 69.8 Å². The zero-order valence-electron chi connectivity index (χ0n) is 11.3. The Labute approximate surface area is 134 Å². The number of para-hydroxylation sites is 1. The SMILES string of the molecule is O=C(CBr)Nc1c(C(=O)c2ccccc2)cccc1[N+](=O)[O-]. The number of alkyl halides is 1. The van der Waals surface area contributed by atoms with Crippen LogP contribution in [0.1, 0.15) is 15.9 Å². The van der Waals surface area contributed by atoms with E-state index < -0.39 is 16.6 Å². The number of hydrogen-bond acceptors (Lipinski definition) is 4. The van der Waals surface area contributed by atoms with Crippen LogP contribution in [-0.4, -0.2) is 21.9 Å². The van der Waals surface area contributed by atoms with Gasteiger partial charge in [0.15, 0.2) is 5.78 Å². The highest BCUT2D eigenvalue weighted by molar-refractivity contribution is 9.09. The number of carbonyl (C=O) groups is 2. The van der Waals surface area contributed by atoms with Crippen molar-refractivity contribution in [1.29, 1.82) is 0 Å². The molecule has 1 amide bonds. The van der Waals surface area contributed by atoms with Gasteiger partial charge in [0.05, 0.1) is 15.8 Å². The van der Waals surface area contributed by atoms with Crippen LogP contribution in [0.25, 0.3) is 0 Å². The summed E-state index contributed by atoms with van der Waals surface area (Å²) in [5, 5.41) is 13.5. The molecular formula is C15H11BrN2O4. The lowest BCUT2D eigenvalue weighted by Gasteiger charge is -2.10. The normalized spacial score (nSPS) is 10.0. The third-order valence-electron chi connectivity index (χ3n) is 2.91. The fourth-order valence-electron chi connectivity index (χ4n) is 1.93. The van der Waals surface area contributed by atoms with Crippen molar-refractivity contribution in [3.63, 3.8) is 0 Å². The molecule has 0 saturated heterocycles. The first-order chi connectivity index (χ1) is 10.5. The maximum atomic E-state index is 12.5. The minimum absolute atomic E-state index is 0.0297. The number of carbonyl (C=O) groups excluding carboxylic acids is 2. The van der Waals surface area contributed by atoms with E-state index in [1.807, 2.05) is 0 Å². The van der Waals surface area contributed by atoms with Crippen LogP contribution in [0, 0.1) is 10.1 Å². The van der Waals surface area contributed by atoms with Gasteiger partial charge in [-0.25, -0.2) is 0 Å². The van der Waals surface area contributed by atoms with Gasteiger partial charge in [0, 0.05) is 11.6 Å². The summed E-state index contributed by atoms with van der Waals surface area (Å²) in [5.41, 5.74) is 0.0499. The number of anilines is 1. The van der Waals surface area contributed by atoms with Gasteiger partial charge in [0.1, 0.15) is 5.69 Å². The van der Waals surface area contributed by atoms with E-state index in [9.17, 15) is 19.7 Å². The molecule has 2 rings (SSSR count). The topological polar surface area (TPSA) is 89.3 Å². The van der Waals surface area contributed by atoms with Gasteiger partial charge in [-0.05, 0) is 6.07 Å². The first kappa shape index (κ1) is 15.8. The average molecular weight is 363 g/mol. The summed E-state index contributed by atoms with van der Waals surface area (Å²) in [6.45, 7) is 0. The number of amides is 1. The summed E-state index contributed by atoms with van der Waals surface area (Å²) in [5.74, 6) is -0.870. The lowest BCUT2D eigenvalue weighted by Crippen LogP contribution is -2.17. The molecule has 0 radical (unpaired) electrons. The van der Waals surface area contributed by atoms with Crippen LogP contribution < -0.4 is 5.32 Å². The van der Waals surface area contributed by atoms with E-state index in [0.29, 0.717) is 5.56 Å². The summed E-state index contributed by atoms with van der Waals surface area (Å²) in [7, 11) is 0. The van der Waals surface area contributed by atoms with Crippen molar-refractivity contribution in [1.82, 2.24) is 0 Å². The molecule has 0 aliphatic heterocycles. The number of nitrogens with zero attached hydrogens (tertiary/aromatic N) is 1. The van der Waals surface area contributed by atoms with Gasteiger partial charge < -0.3 is 5.32 Å². The average Bonchev–Trinajstić information content (AvgIpc) is 2.54. The molecule has 1 N–H and O–H groups in total. The lowest BCUT2D eigenvalue weighted by molar-refractivity contribution is -0.383. The van der Waals surface area contributed by atoms with Crippen molar-refractivity contribution in [2.75, 3.05) is 10.6 Å². The molecule has 0 spiro atoms. The van der Waals surface area contributed by atoms with Crippen LogP contribution in [0.4, 0.5) is 11.4 Å². The van der Waals surface area contributed by atoms with Crippen molar-refractivity contribution in [2.45, 2.75) is 0 Å². The molecule has 2 aromatic rings. The van der Waals surface area contributed by atoms with Crippen LogP contribution in [0.2, 0.25) is 0 Å².